The number of amides is 1. The van der Waals surface area contributed by atoms with Crippen LogP contribution in [0, 0.1) is 5.92 Å². The zero-order chi connectivity index (χ0) is 10.7. The summed E-state index contributed by atoms with van der Waals surface area (Å²) in [5, 5.41) is 3.06. The highest BCUT2D eigenvalue weighted by atomic mass is 16.2. The second-order valence-corrected chi connectivity index (χ2v) is 4.29. The Morgan fingerprint density at radius 2 is 2.27 bits per heavy atom. The van der Waals surface area contributed by atoms with Crippen LogP contribution >= 0.6 is 0 Å². The molecule has 1 aromatic heterocycles. The van der Waals surface area contributed by atoms with Gasteiger partial charge in [-0.2, -0.15) is 0 Å². The quantitative estimate of drug-likeness (QED) is 0.765. The van der Waals surface area contributed by atoms with E-state index in [2.05, 4.69) is 17.2 Å². The maximum absolute atomic E-state index is 11.7. The first kappa shape index (κ1) is 10.2. The molecule has 4 nitrogen and oxygen atoms in total. The molecule has 0 saturated heterocycles. The fourth-order valence-electron chi connectivity index (χ4n) is 2.14. The molecule has 0 unspecified atom stereocenters. The zero-order valence-electron chi connectivity index (χ0n) is 9.02. The minimum absolute atomic E-state index is 0.0637. The van der Waals surface area contributed by atoms with E-state index in [0.29, 0.717) is 12.0 Å². The molecule has 1 N–H and O–H groups in total. The number of imidazole rings is 1. The summed E-state index contributed by atoms with van der Waals surface area (Å²) in [6, 6.07) is 0.264. The van der Waals surface area contributed by atoms with E-state index in [-0.39, 0.29) is 6.03 Å². The van der Waals surface area contributed by atoms with Crippen molar-refractivity contribution in [3.63, 3.8) is 0 Å². The number of hydrogen-bond acceptors (Lipinski definition) is 2. The largest absolute Gasteiger partial charge is 0.334 e. The highest BCUT2D eigenvalue weighted by molar-refractivity contribution is 5.76. The molecule has 4 heteroatoms. The van der Waals surface area contributed by atoms with Crippen molar-refractivity contribution in [2.75, 3.05) is 0 Å². The second-order valence-electron chi connectivity index (χ2n) is 4.29. The SMILES string of the molecule is C[C@@H]1CCCC[C@H]1NC(=O)n1ccnc1. The van der Waals surface area contributed by atoms with Crippen LogP contribution in [0.15, 0.2) is 18.7 Å². The topological polar surface area (TPSA) is 46.9 Å². The highest BCUT2D eigenvalue weighted by Gasteiger charge is 2.22. The van der Waals surface area contributed by atoms with Crippen molar-refractivity contribution in [2.24, 2.45) is 5.92 Å². The van der Waals surface area contributed by atoms with E-state index in [0.717, 1.165) is 6.42 Å². The van der Waals surface area contributed by atoms with Crippen molar-refractivity contribution >= 4 is 6.03 Å². The Kier molecular flexibility index (Phi) is 3.04. The van der Waals surface area contributed by atoms with E-state index < -0.39 is 0 Å². The molecule has 0 bridgehead atoms. The molecular formula is C11H17N3O. The number of rotatable bonds is 1. The fourth-order valence-corrected chi connectivity index (χ4v) is 2.14. The summed E-state index contributed by atoms with van der Waals surface area (Å²) in [4.78, 5) is 15.6. The molecule has 82 valence electrons. The lowest BCUT2D eigenvalue weighted by Crippen LogP contribution is -2.42. The van der Waals surface area contributed by atoms with Gasteiger partial charge in [0.25, 0.3) is 0 Å². The Hall–Kier alpha value is -1.32. The zero-order valence-corrected chi connectivity index (χ0v) is 9.02. The number of nitrogens with zero attached hydrogens (tertiary/aromatic N) is 2. The molecular weight excluding hydrogens is 190 g/mol. The third-order valence-electron chi connectivity index (χ3n) is 3.16. The lowest BCUT2D eigenvalue weighted by Gasteiger charge is -2.29. The van der Waals surface area contributed by atoms with Crippen molar-refractivity contribution in [3.8, 4) is 0 Å². The summed E-state index contributed by atoms with van der Waals surface area (Å²) >= 11 is 0. The maximum Gasteiger partial charge on any atom is 0.327 e. The smallest absolute Gasteiger partial charge is 0.327 e. The summed E-state index contributed by atoms with van der Waals surface area (Å²) < 4.78 is 1.49. The van der Waals surface area contributed by atoms with E-state index >= 15 is 0 Å². The van der Waals surface area contributed by atoms with Gasteiger partial charge in [-0.1, -0.05) is 19.8 Å². The van der Waals surface area contributed by atoms with Gasteiger partial charge >= 0.3 is 6.03 Å². The van der Waals surface area contributed by atoms with Crippen LogP contribution in [0.3, 0.4) is 0 Å². The Bertz CT molecular complexity index is 321. The van der Waals surface area contributed by atoms with E-state index in [1.807, 2.05) is 0 Å². The number of carbonyl (C=O) groups excluding carboxylic acids is 1. The molecule has 1 fully saturated rings. The number of aromatic nitrogens is 2. The predicted molar refractivity (Wildman–Crippen MR) is 57.6 cm³/mol. The lowest BCUT2D eigenvalue weighted by molar-refractivity contribution is 0.223. The molecule has 1 amide bonds. The van der Waals surface area contributed by atoms with Gasteiger partial charge in [-0.25, -0.2) is 9.78 Å². The Labute approximate surface area is 89.7 Å². The second kappa shape index (κ2) is 4.47. The van der Waals surface area contributed by atoms with Crippen LogP contribution < -0.4 is 5.32 Å². The first-order valence-electron chi connectivity index (χ1n) is 5.56. The van der Waals surface area contributed by atoms with Crippen molar-refractivity contribution in [2.45, 2.75) is 38.6 Å². The number of nitrogens with one attached hydrogen (secondary N) is 1. The standard InChI is InChI=1S/C11H17N3O/c1-9-4-2-3-5-10(9)13-11(15)14-7-6-12-8-14/h6-10H,2-5H2,1H3,(H,13,15)/t9-,10-/m1/s1. The average Bonchev–Trinajstić information content (AvgIpc) is 2.74. The molecule has 1 aliphatic rings. The number of carbonyl (C=O) groups is 1. The van der Waals surface area contributed by atoms with E-state index in [4.69, 9.17) is 0 Å². The summed E-state index contributed by atoms with van der Waals surface area (Å²) in [5.74, 6) is 0.589. The predicted octanol–water partition coefficient (Wildman–Crippen LogP) is 2.02. The molecule has 1 aromatic rings. The third kappa shape index (κ3) is 2.37. The molecule has 1 heterocycles. The molecule has 2 rings (SSSR count). The Balaban J connectivity index is 1.93. The van der Waals surface area contributed by atoms with Gasteiger partial charge in [0.2, 0.25) is 0 Å². The minimum Gasteiger partial charge on any atom is -0.334 e. The summed E-state index contributed by atoms with van der Waals surface area (Å²) in [5.41, 5.74) is 0. The van der Waals surface area contributed by atoms with Crippen molar-refractivity contribution in [1.82, 2.24) is 14.9 Å². The van der Waals surface area contributed by atoms with Gasteiger partial charge in [-0.15, -0.1) is 0 Å². The average molecular weight is 207 g/mol. The van der Waals surface area contributed by atoms with Crippen molar-refractivity contribution in [3.05, 3.63) is 18.7 Å². The van der Waals surface area contributed by atoms with Crippen LogP contribution in [0.5, 0.6) is 0 Å². The van der Waals surface area contributed by atoms with Crippen LogP contribution in [0.2, 0.25) is 0 Å². The highest BCUT2D eigenvalue weighted by Crippen LogP contribution is 2.23. The van der Waals surface area contributed by atoms with E-state index in [1.54, 1.807) is 12.4 Å². The number of hydrogen-bond donors (Lipinski definition) is 1. The normalized spacial score (nSPS) is 26.2. The molecule has 0 spiro atoms. The van der Waals surface area contributed by atoms with Gasteiger partial charge in [0, 0.05) is 18.4 Å². The molecule has 0 radical (unpaired) electrons. The van der Waals surface area contributed by atoms with E-state index in [1.165, 1.54) is 30.2 Å². The van der Waals surface area contributed by atoms with Gasteiger partial charge in [-0.05, 0) is 18.8 Å². The minimum atomic E-state index is -0.0637. The van der Waals surface area contributed by atoms with Crippen molar-refractivity contribution in [1.29, 1.82) is 0 Å². The molecule has 0 aliphatic heterocycles. The molecule has 1 saturated carbocycles. The summed E-state index contributed by atoms with van der Waals surface area (Å²) in [7, 11) is 0. The monoisotopic (exact) mass is 207 g/mol. The maximum atomic E-state index is 11.7. The van der Waals surface area contributed by atoms with Crippen LogP contribution in [0.4, 0.5) is 4.79 Å². The first-order valence-corrected chi connectivity index (χ1v) is 5.56. The third-order valence-corrected chi connectivity index (χ3v) is 3.16. The molecule has 1 aliphatic carbocycles. The van der Waals surface area contributed by atoms with Crippen LogP contribution in [0.25, 0.3) is 0 Å². The van der Waals surface area contributed by atoms with Gasteiger partial charge in [0.05, 0.1) is 0 Å². The van der Waals surface area contributed by atoms with E-state index in [9.17, 15) is 4.79 Å². The van der Waals surface area contributed by atoms with Crippen LogP contribution in [-0.2, 0) is 0 Å². The van der Waals surface area contributed by atoms with Gasteiger partial charge in [0.15, 0.2) is 0 Å². The summed E-state index contributed by atoms with van der Waals surface area (Å²) in [6.07, 6.45) is 9.64. The molecule has 2 atom stereocenters. The molecule has 0 aromatic carbocycles. The van der Waals surface area contributed by atoms with Gasteiger partial charge in [-0.3, -0.25) is 4.57 Å². The van der Waals surface area contributed by atoms with Crippen LogP contribution in [-0.4, -0.2) is 21.6 Å². The summed E-state index contributed by atoms with van der Waals surface area (Å²) in [6.45, 7) is 2.21. The van der Waals surface area contributed by atoms with Gasteiger partial charge < -0.3 is 5.32 Å². The Morgan fingerprint density at radius 3 is 2.93 bits per heavy atom. The lowest BCUT2D eigenvalue weighted by atomic mass is 9.86. The first-order chi connectivity index (χ1) is 7.27. The van der Waals surface area contributed by atoms with Crippen molar-refractivity contribution < 1.29 is 4.79 Å². The molecule has 15 heavy (non-hydrogen) atoms. The Morgan fingerprint density at radius 1 is 1.47 bits per heavy atom. The van der Waals surface area contributed by atoms with Gasteiger partial charge in [0.1, 0.15) is 6.33 Å². The fraction of sp³-hybridized carbons (Fsp3) is 0.636. The van der Waals surface area contributed by atoms with Crippen LogP contribution in [0.1, 0.15) is 32.6 Å².